The lowest BCUT2D eigenvalue weighted by Gasteiger charge is -2.05. The standard InChI is InChI=1S/C11H7F2NO/c12-8-1-2-11(10(13)7-8)15-9-3-5-14-6-4-9/h1-7H. The Labute approximate surface area is 85.2 Å². The lowest BCUT2D eigenvalue weighted by Crippen LogP contribution is -1.89. The molecule has 0 aliphatic carbocycles. The summed E-state index contributed by atoms with van der Waals surface area (Å²) in [7, 11) is 0. The maximum Gasteiger partial charge on any atom is 0.168 e. The Balaban J connectivity index is 2.25. The van der Waals surface area contributed by atoms with Crippen LogP contribution in [0.5, 0.6) is 11.5 Å². The first-order valence-electron chi connectivity index (χ1n) is 4.28. The zero-order valence-electron chi connectivity index (χ0n) is 7.65. The molecule has 0 saturated carbocycles. The number of nitrogens with zero attached hydrogens (tertiary/aromatic N) is 1. The van der Waals surface area contributed by atoms with Crippen molar-refractivity contribution in [2.24, 2.45) is 0 Å². The first kappa shape index (κ1) is 9.58. The second-order valence-corrected chi connectivity index (χ2v) is 2.86. The summed E-state index contributed by atoms with van der Waals surface area (Å²) in [5.41, 5.74) is 0. The van der Waals surface area contributed by atoms with Crippen LogP contribution in [-0.2, 0) is 0 Å². The van der Waals surface area contributed by atoms with Crippen molar-refractivity contribution in [3.63, 3.8) is 0 Å². The van der Waals surface area contributed by atoms with E-state index in [2.05, 4.69) is 4.98 Å². The molecule has 2 rings (SSSR count). The fourth-order valence-corrected chi connectivity index (χ4v) is 1.09. The second-order valence-electron chi connectivity index (χ2n) is 2.86. The van der Waals surface area contributed by atoms with E-state index in [-0.39, 0.29) is 5.75 Å². The molecule has 0 fully saturated rings. The van der Waals surface area contributed by atoms with Gasteiger partial charge in [-0.15, -0.1) is 0 Å². The summed E-state index contributed by atoms with van der Waals surface area (Å²) in [5, 5.41) is 0. The maximum absolute atomic E-state index is 13.2. The van der Waals surface area contributed by atoms with Crippen LogP contribution in [0.2, 0.25) is 0 Å². The molecule has 1 heterocycles. The van der Waals surface area contributed by atoms with Gasteiger partial charge in [-0.25, -0.2) is 8.78 Å². The molecule has 0 aliphatic rings. The maximum atomic E-state index is 13.2. The Morgan fingerprint density at radius 2 is 1.73 bits per heavy atom. The van der Waals surface area contributed by atoms with E-state index in [1.165, 1.54) is 18.5 Å². The van der Waals surface area contributed by atoms with Crippen molar-refractivity contribution in [3.05, 3.63) is 54.4 Å². The molecule has 0 atom stereocenters. The molecule has 1 aromatic heterocycles. The van der Waals surface area contributed by atoms with Crippen LogP contribution < -0.4 is 4.74 Å². The number of rotatable bonds is 2. The van der Waals surface area contributed by atoms with Crippen molar-refractivity contribution < 1.29 is 13.5 Å². The van der Waals surface area contributed by atoms with Crippen LogP contribution in [0.15, 0.2) is 42.7 Å². The third-order valence-corrected chi connectivity index (χ3v) is 1.77. The number of hydrogen-bond acceptors (Lipinski definition) is 2. The highest BCUT2D eigenvalue weighted by Gasteiger charge is 2.05. The number of halogens is 2. The average Bonchev–Trinajstić information content (AvgIpc) is 2.24. The lowest BCUT2D eigenvalue weighted by atomic mass is 10.3. The van der Waals surface area contributed by atoms with Crippen LogP contribution >= 0.6 is 0 Å². The van der Waals surface area contributed by atoms with Gasteiger partial charge >= 0.3 is 0 Å². The highest BCUT2D eigenvalue weighted by Crippen LogP contribution is 2.23. The van der Waals surface area contributed by atoms with E-state index in [9.17, 15) is 8.78 Å². The van der Waals surface area contributed by atoms with Crippen LogP contribution in [0.4, 0.5) is 8.78 Å². The Kier molecular flexibility index (Phi) is 2.58. The number of aromatic nitrogens is 1. The predicted molar refractivity (Wildman–Crippen MR) is 50.7 cm³/mol. The minimum atomic E-state index is -0.730. The molecule has 76 valence electrons. The van der Waals surface area contributed by atoms with Gasteiger partial charge in [-0.2, -0.15) is 0 Å². The third-order valence-electron chi connectivity index (χ3n) is 1.77. The van der Waals surface area contributed by atoms with Gasteiger partial charge < -0.3 is 4.74 Å². The number of hydrogen-bond donors (Lipinski definition) is 0. The summed E-state index contributed by atoms with van der Waals surface area (Å²) in [5.74, 6) is -0.917. The topological polar surface area (TPSA) is 22.1 Å². The largest absolute Gasteiger partial charge is 0.454 e. The summed E-state index contributed by atoms with van der Waals surface area (Å²) in [6.45, 7) is 0. The predicted octanol–water partition coefficient (Wildman–Crippen LogP) is 3.15. The molecule has 1 aromatic carbocycles. The smallest absolute Gasteiger partial charge is 0.168 e. The molecular formula is C11H7F2NO. The van der Waals surface area contributed by atoms with Crippen molar-refractivity contribution >= 4 is 0 Å². The molecule has 0 aliphatic heterocycles. The molecule has 0 amide bonds. The summed E-state index contributed by atoms with van der Waals surface area (Å²) >= 11 is 0. The van der Waals surface area contributed by atoms with Crippen LogP contribution in [-0.4, -0.2) is 4.98 Å². The Morgan fingerprint density at radius 3 is 2.40 bits per heavy atom. The highest BCUT2D eigenvalue weighted by atomic mass is 19.1. The number of ether oxygens (including phenoxy) is 1. The first-order valence-corrected chi connectivity index (χ1v) is 4.28. The fourth-order valence-electron chi connectivity index (χ4n) is 1.09. The Hall–Kier alpha value is -1.97. The lowest BCUT2D eigenvalue weighted by molar-refractivity contribution is 0.437. The van der Waals surface area contributed by atoms with Crippen molar-refractivity contribution in [2.75, 3.05) is 0 Å². The monoisotopic (exact) mass is 207 g/mol. The SMILES string of the molecule is Fc1ccc(Oc2ccncc2)c(F)c1. The van der Waals surface area contributed by atoms with Gasteiger partial charge in [0.1, 0.15) is 11.6 Å². The molecule has 2 aromatic rings. The van der Waals surface area contributed by atoms with Gasteiger partial charge in [0.15, 0.2) is 11.6 Å². The van der Waals surface area contributed by atoms with Crippen LogP contribution in [0.3, 0.4) is 0 Å². The molecule has 0 spiro atoms. The second kappa shape index (κ2) is 4.04. The first-order chi connectivity index (χ1) is 7.25. The van der Waals surface area contributed by atoms with Gasteiger partial charge in [-0.3, -0.25) is 4.98 Å². The Bertz CT molecular complexity index is 459. The fraction of sp³-hybridized carbons (Fsp3) is 0. The molecule has 0 radical (unpaired) electrons. The van der Waals surface area contributed by atoms with E-state index in [1.807, 2.05) is 0 Å². The zero-order chi connectivity index (χ0) is 10.7. The normalized spacial score (nSPS) is 10.0. The van der Waals surface area contributed by atoms with Crippen molar-refractivity contribution in [2.45, 2.75) is 0 Å². The summed E-state index contributed by atoms with van der Waals surface area (Å²) in [4.78, 5) is 3.79. The molecule has 15 heavy (non-hydrogen) atoms. The molecule has 4 heteroatoms. The van der Waals surface area contributed by atoms with Crippen molar-refractivity contribution in [1.29, 1.82) is 0 Å². The number of pyridine rings is 1. The van der Waals surface area contributed by atoms with Crippen LogP contribution in [0.25, 0.3) is 0 Å². The van der Waals surface area contributed by atoms with Crippen molar-refractivity contribution in [3.8, 4) is 11.5 Å². The highest BCUT2D eigenvalue weighted by molar-refractivity contribution is 5.30. The van der Waals surface area contributed by atoms with Gasteiger partial charge in [0.2, 0.25) is 0 Å². The summed E-state index contributed by atoms with van der Waals surface area (Å²) in [6, 6.07) is 6.33. The average molecular weight is 207 g/mol. The van der Waals surface area contributed by atoms with Gasteiger partial charge in [-0.05, 0) is 24.3 Å². The zero-order valence-corrected chi connectivity index (χ0v) is 7.65. The van der Waals surface area contributed by atoms with Gasteiger partial charge in [-0.1, -0.05) is 0 Å². The quantitative estimate of drug-likeness (QED) is 0.754. The number of benzene rings is 1. The molecule has 2 nitrogen and oxygen atoms in total. The Morgan fingerprint density at radius 1 is 1.00 bits per heavy atom. The molecule has 0 bridgehead atoms. The van der Waals surface area contributed by atoms with E-state index in [0.29, 0.717) is 5.75 Å². The van der Waals surface area contributed by atoms with Crippen molar-refractivity contribution in [1.82, 2.24) is 4.98 Å². The third kappa shape index (κ3) is 2.28. The van der Waals surface area contributed by atoms with E-state index >= 15 is 0 Å². The minimum Gasteiger partial charge on any atom is -0.454 e. The van der Waals surface area contributed by atoms with E-state index in [1.54, 1.807) is 12.1 Å². The van der Waals surface area contributed by atoms with E-state index in [0.717, 1.165) is 12.1 Å². The molecule has 0 unspecified atom stereocenters. The molecular weight excluding hydrogens is 200 g/mol. The summed E-state index contributed by atoms with van der Waals surface area (Å²) in [6.07, 6.45) is 3.05. The minimum absolute atomic E-state index is 0.0115. The van der Waals surface area contributed by atoms with Crippen LogP contribution in [0.1, 0.15) is 0 Å². The summed E-state index contributed by atoms with van der Waals surface area (Å²) < 4.78 is 30.9. The van der Waals surface area contributed by atoms with Gasteiger partial charge in [0.25, 0.3) is 0 Å². The molecule has 0 N–H and O–H groups in total. The molecule has 0 saturated heterocycles. The van der Waals surface area contributed by atoms with E-state index in [4.69, 9.17) is 4.74 Å². The van der Waals surface area contributed by atoms with Gasteiger partial charge in [0, 0.05) is 18.5 Å². The van der Waals surface area contributed by atoms with Gasteiger partial charge in [0.05, 0.1) is 0 Å². The van der Waals surface area contributed by atoms with Crippen LogP contribution in [0, 0.1) is 11.6 Å². The van der Waals surface area contributed by atoms with E-state index < -0.39 is 11.6 Å².